The van der Waals surface area contributed by atoms with Gasteiger partial charge >= 0.3 is 0 Å². The van der Waals surface area contributed by atoms with Crippen molar-refractivity contribution in [3.05, 3.63) is 59.7 Å². The summed E-state index contributed by atoms with van der Waals surface area (Å²) in [5.41, 5.74) is 4.80. The number of nitrogens with one attached hydrogen (secondary N) is 1. The number of carbonyl (C=O) groups excluding carboxylic acids is 1. The molecule has 2 aromatic rings. The number of anilines is 1. The van der Waals surface area contributed by atoms with Crippen LogP contribution in [0.3, 0.4) is 0 Å². The first-order valence-electron chi connectivity index (χ1n) is 8.32. The number of rotatable bonds is 5. The van der Waals surface area contributed by atoms with Crippen molar-refractivity contribution >= 4 is 23.0 Å². The van der Waals surface area contributed by atoms with E-state index in [4.69, 9.17) is 4.99 Å². The van der Waals surface area contributed by atoms with E-state index in [0.29, 0.717) is 6.42 Å². The Morgan fingerprint density at radius 3 is 2.61 bits per heavy atom. The molecule has 1 heterocycles. The summed E-state index contributed by atoms with van der Waals surface area (Å²) in [5.74, 6) is -0.0132. The monoisotopic (exact) mass is 306 g/mol. The molecule has 0 bridgehead atoms. The van der Waals surface area contributed by atoms with Crippen molar-refractivity contribution in [1.82, 2.24) is 0 Å². The van der Waals surface area contributed by atoms with Crippen molar-refractivity contribution in [1.29, 1.82) is 0 Å². The molecule has 1 amide bonds. The van der Waals surface area contributed by atoms with Crippen molar-refractivity contribution in [2.24, 2.45) is 4.99 Å². The Kier molecular flexibility index (Phi) is 4.86. The largest absolute Gasteiger partial charge is 0.324 e. The number of hydrogen-bond acceptors (Lipinski definition) is 2. The highest BCUT2D eigenvalue weighted by atomic mass is 16.1. The smallest absolute Gasteiger partial charge is 0.230 e. The second-order valence-corrected chi connectivity index (χ2v) is 5.95. The van der Waals surface area contributed by atoms with E-state index in [1.54, 1.807) is 0 Å². The number of fused-ring (bicyclic) bond motifs is 1. The Hall–Kier alpha value is -2.42. The fourth-order valence-electron chi connectivity index (χ4n) is 2.82. The molecule has 0 radical (unpaired) electrons. The summed E-state index contributed by atoms with van der Waals surface area (Å²) < 4.78 is 0. The van der Waals surface area contributed by atoms with Gasteiger partial charge in [0.05, 0.1) is 23.5 Å². The van der Waals surface area contributed by atoms with Crippen LogP contribution in [-0.2, 0) is 11.2 Å². The van der Waals surface area contributed by atoms with Gasteiger partial charge in [0.25, 0.3) is 0 Å². The molecule has 1 aliphatic rings. The average Bonchev–Trinajstić information content (AvgIpc) is 2.73. The number of benzene rings is 2. The average molecular weight is 306 g/mol. The maximum absolute atomic E-state index is 12.1. The van der Waals surface area contributed by atoms with Crippen LogP contribution in [0.15, 0.2) is 53.5 Å². The summed E-state index contributed by atoms with van der Waals surface area (Å²) >= 11 is 0. The van der Waals surface area contributed by atoms with Gasteiger partial charge in [-0.15, -0.1) is 0 Å². The first-order chi connectivity index (χ1) is 11.3. The van der Waals surface area contributed by atoms with E-state index in [1.807, 2.05) is 24.3 Å². The number of carbonyl (C=O) groups is 1. The van der Waals surface area contributed by atoms with Crippen molar-refractivity contribution in [3.8, 4) is 0 Å². The van der Waals surface area contributed by atoms with E-state index >= 15 is 0 Å². The number of unbranched alkanes of at least 4 members (excludes halogenated alkanes) is 2. The maximum atomic E-state index is 12.1. The molecule has 0 fully saturated rings. The summed E-state index contributed by atoms with van der Waals surface area (Å²) in [6, 6.07) is 16.1. The molecule has 118 valence electrons. The minimum Gasteiger partial charge on any atom is -0.324 e. The first-order valence-corrected chi connectivity index (χ1v) is 8.32. The Balaban J connectivity index is 1.83. The number of aryl methyl sites for hydroxylation is 1. The van der Waals surface area contributed by atoms with Crippen LogP contribution in [0.25, 0.3) is 0 Å². The van der Waals surface area contributed by atoms with Gasteiger partial charge in [-0.05, 0) is 36.1 Å². The lowest BCUT2D eigenvalue weighted by Crippen LogP contribution is -2.14. The molecule has 3 heteroatoms. The summed E-state index contributed by atoms with van der Waals surface area (Å²) in [6.07, 6.45) is 5.16. The summed E-state index contributed by atoms with van der Waals surface area (Å²) in [6.45, 7) is 2.22. The number of para-hydroxylation sites is 2. The predicted molar refractivity (Wildman–Crippen MR) is 95.6 cm³/mol. The van der Waals surface area contributed by atoms with Crippen LogP contribution < -0.4 is 5.32 Å². The fraction of sp³-hybridized carbons (Fsp3) is 0.300. The Morgan fingerprint density at radius 2 is 1.83 bits per heavy atom. The van der Waals surface area contributed by atoms with Gasteiger partial charge in [0, 0.05) is 0 Å². The standard InChI is InChI=1S/C20H22N2O/c1-2-3-4-7-15-10-12-16(13-11-15)19-14-20(23)22-18-9-6-5-8-17(18)21-19/h5-6,8-13H,2-4,7,14H2,1H3,(H,22,23). The molecule has 0 saturated carbocycles. The lowest BCUT2D eigenvalue weighted by molar-refractivity contribution is -0.115. The van der Waals surface area contributed by atoms with Gasteiger partial charge in [0.1, 0.15) is 0 Å². The molecule has 0 aliphatic carbocycles. The second kappa shape index (κ2) is 7.23. The summed E-state index contributed by atoms with van der Waals surface area (Å²) in [7, 11) is 0. The van der Waals surface area contributed by atoms with Crippen molar-refractivity contribution in [3.63, 3.8) is 0 Å². The second-order valence-electron chi connectivity index (χ2n) is 5.95. The number of aliphatic imine (C=N–C) groups is 1. The molecule has 23 heavy (non-hydrogen) atoms. The Bertz CT molecular complexity index is 717. The molecule has 3 rings (SSSR count). The lowest BCUT2D eigenvalue weighted by atomic mass is 10.0. The van der Waals surface area contributed by atoms with Gasteiger partial charge < -0.3 is 5.32 Å². The van der Waals surface area contributed by atoms with E-state index in [0.717, 1.165) is 29.1 Å². The molecule has 0 aromatic heterocycles. The van der Waals surface area contributed by atoms with Crippen LogP contribution in [0, 0.1) is 0 Å². The van der Waals surface area contributed by atoms with E-state index in [1.165, 1.54) is 24.8 Å². The molecule has 0 atom stereocenters. The zero-order valence-corrected chi connectivity index (χ0v) is 13.5. The molecule has 0 spiro atoms. The van der Waals surface area contributed by atoms with Gasteiger partial charge in [0.15, 0.2) is 0 Å². The summed E-state index contributed by atoms with van der Waals surface area (Å²) in [5, 5.41) is 2.91. The van der Waals surface area contributed by atoms with E-state index < -0.39 is 0 Å². The Morgan fingerprint density at radius 1 is 1.04 bits per heavy atom. The maximum Gasteiger partial charge on any atom is 0.230 e. The van der Waals surface area contributed by atoms with Gasteiger partial charge in [-0.25, -0.2) is 0 Å². The minimum absolute atomic E-state index is 0.0132. The third-order valence-electron chi connectivity index (χ3n) is 4.12. The van der Waals surface area contributed by atoms with E-state index in [-0.39, 0.29) is 5.91 Å². The highest BCUT2D eigenvalue weighted by molar-refractivity contribution is 6.16. The first kappa shape index (κ1) is 15.5. The molecule has 0 saturated heterocycles. The molecular formula is C20H22N2O. The minimum atomic E-state index is -0.0132. The summed E-state index contributed by atoms with van der Waals surface area (Å²) in [4.78, 5) is 16.8. The zero-order chi connectivity index (χ0) is 16.1. The normalized spacial score (nSPS) is 13.8. The van der Waals surface area contributed by atoms with Gasteiger partial charge in [-0.3, -0.25) is 9.79 Å². The van der Waals surface area contributed by atoms with Crippen LogP contribution in [-0.4, -0.2) is 11.6 Å². The highest BCUT2D eigenvalue weighted by Crippen LogP contribution is 2.28. The van der Waals surface area contributed by atoms with Crippen LogP contribution in [0.5, 0.6) is 0 Å². The third-order valence-corrected chi connectivity index (χ3v) is 4.12. The van der Waals surface area contributed by atoms with E-state index in [9.17, 15) is 4.79 Å². The van der Waals surface area contributed by atoms with Gasteiger partial charge in [-0.2, -0.15) is 0 Å². The van der Waals surface area contributed by atoms with Gasteiger partial charge in [0.2, 0.25) is 5.91 Å². The third kappa shape index (κ3) is 3.86. The molecule has 1 aliphatic heterocycles. The van der Waals surface area contributed by atoms with Crippen LogP contribution in [0.2, 0.25) is 0 Å². The molecule has 1 N–H and O–H groups in total. The van der Waals surface area contributed by atoms with Crippen molar-refractivity contribution in [2.75, 3.05) is 5.32 Å². The molecule has 2 aromatic carbocycles. The van der Waals surface area contributed by atoms with Crippen molar-refractivity contribution < 1.29 is 4.79 Å². The van der Waals surface area contributed by atoms with Crippen LogP contribution in [0.1, 0.15) is 43.7 Å². The zero-order valence-electron chi connectivity index (χ0n) is 13.5. The van der Waals surface area contributed by atoms with Crippen LogP contribution in [0.4, 0.5) is 11.4 Å². The predicted octanol–water partition coefficient (Wildman–Crippen LogP) is 4.88. The SMILES string of the molecule is CCCCCc1ccc(C2=Nc3ccccc3NC(=O)C2)cc1. The highest BCUT2D eigenvalue weighted by Gasteiger charge is 2.16. The number of amides is 1. The quantitative estimate of drug-likeness (QED) is 0.786. The van der Waals surface area contributed by atoms with Crippen molar-refractivity contribution in [2.45, 2.75) is 39.0 Å². The lowest BCUT2D eigenvalue weighted by Gasteiger charge is -2.06. The topological polar surface area (TPSA) is 41.5 Å². The van der Waals surface area contributed by atoms with E-state index in [2.05, 4.69) is 36.5 Å². The molecular weight excluding hydrogens is 284 g/mol. The van der Waals surface area contributed by atoms with Gasteiger partial charge in [-0.1, -0.05) is 56.2 Å². The number of nitrogens with zero attached hydrogens (tertiary/aromatic N) is 1. The van der Waals surface area contributed by atoms with Crippen LogP contribution >= 0.6 is 0 Å². The Labute approximate surface area is 137 Å². The fourth-order valence-corrected chi connectivity index (χ4v) is 2.82. The molecule has 3 nitrogen and oxygen atoms in total. The number of hydrogen-bond donors (Lipinski definition) is 1. The molecule has 0 unspecified atom stereocenters.